The molecule has 5 aliphatic rings. The molecule has 0 N–H and O–H groups in total. The zero-order chi connectivity index (χ0) is 22.8. The summed E-state index contributed by atoms with van der Waals surface area (Å²) < 4.78 is 25.9. The molecule has 180 valence electrons. The number of sulfone groups is 1. The molecule has 4 aliphatic carbocycles. The Labute approximate surface area is 197 Å². The van der Waals surface area contributed by atoms with E-state index in [1.165, 1.54) is 0 Å². The third-order valence-electron chi connectivity index (χ3n) is 8.85. The lowest BCUT2D eigenvalue weighted by atomic mass is 9.69. The van der Waals surface area contributed by atoms with Gasteiger partial charge in [0.25, 0.3) is 0 Å². The van der Waals surface area contributed by atoms with Crippen molar-refractivity contribution in [2.75, 3.05) is 6.54 Å². The zero-order valence-corrected chi connectivity index (χ0v) is 20.9. The summed E-state index contributed by atoms with van der Waals surface area (Å²) in [5.41, 5.74) is 0. The van der Waals surface area contributed by atoms with Gasteiger partial charge in [-0.3, -0.25) is 9.59 Å². The molecule has 4 saturated carbocycles. The molecule has 6 nitrogen and oxygen atoms in total. The van der Waals surface area contributed by atoms with Crippen LogP contribution in [-0.4, -0.2) is 70.6 Å². The van der Waals surface area contributed by atoms with Crippen molar-refractivity contribution in [3.8, 4) is 0 Å². The first-order valence-electron chi connectivity index (χ1n) is 12.6. The molecule has 7 atom stereocenters. The lowest BCUT2D eigenvalue weighted by Crippen LogP contribution is -2.67. The van der Waals surface area contributed by atoms with Crippen molar-refractivity contribution in [1.82, 2.24) is 9.80 Å². The number of halogens is 1. The molecule has 1 heterocycles. The molecule has 8 heteroatoms. The first kappa shape index (κ1) is 22.9. The molecule has 1 saturated heterocycles. The average Bonchev–Trinajstić information content (AvgIpc) is 3.63. The second-order valence-electron chi connectivity index (χ2n) is 11.2. The minimum absolute atomic E-state index is 0.0444. The molecule has 32 heavy (non-hydrogen) atoms. The molecule has 0 bridgehead atoms. The quantitative estimate of drug-likeness (QED) is 0.573. The summed E-state index contributed by atoms with van der Waals surface area (Å²) in [6, 6.07) is 0.177. The highest BCUT2D eigenvalue weighted by Crippen LogP contribution is 2.47. The molecule has 5 rings (SSSR count). The van der Waals surface area contributed by atoms with Crippen molar-refractivity contribution in [2.24, 2.45) is 17.8 Å². The van der Waals surface area contributed by atoms with Crippen molar-refractivity contribution in [3.63, 3.8) is 0 Å². The van der Waals surface area contributed by atoms with E-state index in [-0.39, 0.29) is 57.7 Å². The molecule has 6 unspecified atom stereocenters. The number of nitrogens with zero attached hydrogens (tertiary/aromatic N) is 2. The first-order chi connectivity index (χ1) is 15.2. The van der Waals surface area contributed by atoms with Gasteiger partial charge in [-0.05, 0) is 83.0 Å². The Kier molecular flexibility index (Phi) is 6.05. The number of alkyl halides is 1. The number of piperazine rings is 1. The minimum Gasteiger partial charge on any atom is -0.335 e. The van der Waals surface area contributed by atoms with E-state index in [0.29, 0.717) is 25.3 Å². The number of fused-ring (bicyclic) bond motifs is 1. The number of rotatable bonds is 4. The van der Waals surface area contributed by atoms with E-state index in [2.05, 4.69) is 11.8 Å². The normalized spacial score (nSPS) is 40.7. The number of carbonyl (C=O) groups excluding carboxylic acids is 2. The third-order valence-corrected chi connectivity index (χ3v) is 11.9. The Balaban J connectivity index is 1.35. The molecular weight excluding hydrogens is 448 g/mol. The van der Waals surface area contributed by atoms with E-state index in [4.69, 9.17) is 11.6 Å². The van der Waals surface area contributed by atoms with E-state index in [1.54, 1.807) is 6.92 Å². The van der Waals surface area contributed by atoms with Gasteiger partial charge >= 0.3 is 0 Å². The van der Waals surface area contributed by atoms with Crippen LogP contribution in [0.25, 0.3) is 0 Å². The molecule has 5 fully saturated rings. The van der Waals surface area contributed by atoms with E-state index < -0.39 is 9.84 Å². The maximum absolute atomic E-state index is 13.2. The van der Waals surface area contributed by atoms with Gasteiger partial charge in [-0.25, -0.2) is 8.42 Å². The lowest BCUT2D eigenvalue weighted by molar-refractivity contribution is -0.155. The highest BCUT2D eigenvalue weighted by atomic mass is 35.5. The predicted molar refractivity (Wildman–Crippen MR) is 124 cm³/mol. The summed E-state index contributed by atoms with van der Waals surface area (Å²) >= 11 is 6.62. The van der Waals surface area contributed by atoms with Crippen molar-refractivity contribution in [1.29, 1.82) is 0 Å². The average molecular weight is 485 g/mol. The summed E-state index contributed by atoms with van der Waals surface area (Å²) in [5.74, 6) is 1.18. The molecule has 0 aromatic carbocycles. The summed E-state index contributed by atoms with van der Waals surface area (Å²) in [7, 11) is -3.07. The van der Waals surface area contributed by atoms with Crippen LogP contribution in [0.1, 0.15) is 78.1 Å². The summed E-state index contributed by atoms with van der Waals surface area (Å²) in [5, 5.41) is -0.533. The largest absolute Gasteiger partial charge is 0.335 e. The summed E-state index contributed by atoms with van der Waals surface area (Å²) in [6.07, 6.45) is 8.47. The van der Waals surface area contributed by atoms with Gasteiger partial charge in [-0.1, -0.05) is 0 Å². The van der Waals surface area contributed by atoms with Gasteiger partial charge in [0, 0.05) is 30.8 Å². The molecule has 1 aliphatic heterocycles. The Bertz CT molecular complexity index is 871. The van der Waals surface area contributed by atoms with E-state index in [9.17, 15) is 18.0 Å². The van der Waals surface area contributed by atoms with E-state index in [0.717, 1.165) is 51.4 Å². The highest BCUT2D eigenvalue weighted by molar-refractivity contribution is 7.92. The highest BCUT2D eigenvalue weighted by Gasteiger charge is 2.51. The monoisotopic (exact) mass is 484 g/mol. The van der Waals surface area contributed by atoms with E-state index in [1.807, 2.05) is 4.90 Å². The second kappa shape index (κ2) is 8.44. The maximum atomic E-state index is 13.2. The SMILES string of the molecule is CC(=O)N1C2CCC(C3CC(Cl)CC(S(=O)(=O)C4CC4)C3)CC2N(C(=O)C2CC2)C[C@@H]1C. The maximum Gasteiger partial charge on any atom is 0.226 e. The fourth-order valence-corrected chi connectivity index (χ4v) is 9.91. The van der Waals surface area contributed by atoms with Crippen molar-refractivity contribution < 1.29 is 18.0 Å². The van der Waals surface area contributed by atoms with Crippen LogP contribution in [0.3, 0.4) is 0 Å². The van der Waals surface area contributed by atoms with Gasteiger partial charge in [0.05, 0.1) is 22.6 Å². The summed E-state index contributed by atoms with van der Waals surface area (Å²) in [4.78, 5) is 29.7. The van der Waals surface area contributed by atoms with Crippen LogP contribution in [0.5, 0.6) is 0 Å². The van der Waals surface area contributed by atoms with Gasteiger partial charge in [0.15, 0.2) is 9.84 Å². The number of carbonyl (C=O) groups is 2. The predicted octanol–water partition coefficient (Wildman–Crippen LogP) is 3.37. The smallest absolute Gasteiger partial charge is 0.226 e. The second-order valence-corrected chi connectivity index (χ2v) is 14.4. The lowest BCUT2D eigenvalue weighted by Gasteiger charge is -2.55. The van der Waals surface area contributed by atoms with Crippen LogP contribution in [-0.2, 0) is 19.4 Å². The third kappa shape index (κ3) is 4.21. The standard InChI is InChI=1S/C24H37ClN2O4S/c1-14-13-26(24(29)16-3-4-16)23-11-17(5-8-22(23)27(14)15(2)28)18-9-19(25)12-21(10-18)32(30,31)20-6-7-20/h14,16-23H,3-13H2,1-2H3/t14-,17?,18?,19?,21?,22?,23?/m0/s1. The van der Waals surface area contributed by atoms with Crippen LogP contribution >= 0.6 is 11.6 Å². The first-order valence-corrected chi connectivity index (χ1v) is 14.7. The Morgan fingerprint density at radius 2 is 1.56 bits per heavy atom. The fourth-order valence-electron chi connectivity index (χ4n) is 7.01. The van der Waals surface area contributed by atoms with Gasteiger partial charge in [0.2, 0.25) is 11.8 Å². The number of amides is 2. The fraction of sp³-hybridized carbons (Fsp3) is 0.917. The molecule has 0 aromatic rings. The van der Waals surface area contributed by atoms with Crippen LogP contribution in [0.2, 0.25) is 0 Å². The van der Waals surface area contributed by atoms with Crippen LogP contribution < -0.4 is 0 Å². The molecule has 0 aromatic heterocycles. The van der Waals surface area contributed by atoms with Crippen molar-refractivity contribution >= 4 is 33.3 Å². The van der Waals surface area contributed by atoms with Gasteiger partial charge in [-0.2, -0.15) is 0 Å². The zero-order valence-electron chi connectivity index (χ0n) is 19.3. The number of hydrogen-bond donors (Lipinski definition) is 0. The molecular formula is C24H37ClN2O4S. The molecule has 0 spiro atoms. The molecule has 0 radical (unpaired) electrons. The van der Waals surface area contributed by atoms with Crippen molar-refractivity contribution in [2.45, 2.75) is 112 Å². The van der Waals surface area contributed by atoms with Crippen LogP contribution in [0.15, 0.2) is 0 Å². The van der Waals surface area contributed by atoms with Crippen LogP contribution in [0.4, 0.5) is 0 Å². The van der Waals surface area contributed by atoms with Gasteiger partial charge < -0.3 is 9.80 Å². The van der Waals surface area contributed by atoms with Gasteiger partial charge in [0.1, 0.15) is 0 Å². The van der Waals surface area contributed by atoms with Gasteiger partial charge in [-0.15, -0.1) is 11.6 Å². The summed E-state index contributed by atoms with van der Waals surface area (Å²) in [6.45, 7) is 4.32. The van der Waals surface area contributed by atoms with Crippen molar-refractivity contribution in [3.05, 3.63) is 0 Å². The topological polar surface area (TPSA) is 74.8 Å². The molecule has 2 amide bonds. The Morgan fingerprint density at radius 3 is 2.19 bits per heavy atom. The van der Waals surface area contributed by atoms with Crippen LogP contribution in [0, 0.1) is 17.8 Å². The Hall–Kier alpha value is -0.820. The van der Waals surface area contributed by atoms with E-state index >= 15 is 0 Å². The Morgan fingerprint density at radius 1 is 0.844 bits per heavy atom. The minimum atomic E-state index is -3.07. The number of hydrogen-bond acceptors (Lipinski definition) is 4.